The molecule has 0 heterocycles. The largest absolute Gasteiger partial charge is 0.299 e. The first kappa shape index (κ1) is 10.8. The lowest BCUT2D eigenvalue weighted by Crippen LogP contribution is -2.43. The van der Waals surface area contributed by atoms with Gasteiger partial charge < -0.3 is 0 Å². The SMILES string of the molecule is O=C1CC2C3=CC=CC3=CCC2C2CCCCC12. The van der Waals surface area contributed by atoms with Gasteiger partial charge in [0.15, 0.2) is 0 Å². The Bertz CT molecular complexity index is 480. The Morgan fingerprint density at radius 2 is 1.94 bits per heavy atom. The second-order valence-electron chi connectivity index (χ2n) is 6.37. The minimum Gasteiger partial charge on any atom is -0.299 e. The highest BCUT2D eigenvalue weighted by atomic mass is 16.1. The Balaban J connectivity index is 1.71. The third-order valence-corrected chi connectivity index (χ3v) is 5.62. The summed E-state index contributed by atoms with van der Waals surface area (Å²) >= 11 is 0. The van der Waals surface area contributed by atoms with Crippen molar-refractivity contribution in [2.45, 2.75) is 38.5 Å². The molecule has 4 rings (SSSR count). The monoisotopic (exact) mass is 240 g/mol. The average Bonchev–Trinajstić information content (AvgIpc) is 2.88. The van der Waals surface area contributed by atoms with Gasteiger partial charge in [0.05, 0.1) is 0 Å². The molecule has 4 unspecified atom stereocenters. The van der Waals surface area contributed by atoms with E-state index in [1.54, 1.807) is 0 Å². The average molecular weight is 240 g/mol. The molecule has 18 heavy (non-hydrogen) atoms. The van der Waals surface area contributed by atoms with Crippen LogP contribution in [-0.2, 0) is 4.79 Å². The van der Waals surface area contributed by atoms with E-state index < -0.39 is 0 Å². The number of carbonyl (C=O) groups excluding carboxylic acids is 1. The van der Waals surface area contributed by atoms with Crippen molar-refractivity contribution < 1.29 is 4.79 Å². The predicted octanol–water partition coefficient (Wildman–Crippen LogP) is 3.82. The molecule has 0 radical (unpaired) electrons. The highest BCUT2D eigenvalue weighted by Crippen LogP contribution is 2.52. The van der Waals surface area contributed by atoms with E-state index in [1.165, 1.54) is 43.3 Å². The van der Waals surface area contributed by atoms with E-state index in [-0.39, 0.29) is 0 Å². The van der Waals surface area contributed by atoms with Crippen LogP contribution in [0.4, 0.5) is 0 Å². The summed E-state index contributed by atoms with van der Waals surface area (Å²) in [4.78, 5) is 12.4. The summed E-state index contributed by atoms with van der Waals surface area (Å²) in [6.07, 6.45) is 16.1. The molecule has 0 aromatic rings. The van der Waals surface area contributed by atoms with Gasteiger partial charge in [0, 0.05) is 12.3 Å². The van der Waals surface area contributed by atoms with E-state index in [9.17, 15) is 4.79 Å². The Morgan fingerprint density at radius 3 is 2.89 bits per heavy atom. The Hall–Kier alpha value is -1.11. The maximum Gasteiger partial charge on any atom is 0.136 e. The smallest absolute Gasteiger partial charge is 0.136 e. The first-order chi connectivity index (χ1) is 8.84. The van der Waals surface area contributed by atoms with Crippen molar-refractivity contribution in [2.24, 2.45) is 23.7 Å². The van der Waals surface area contributed by atoms with Gasteiger partial charge in [-0.05, 0) is 48.2 Å². The molecule has 1 nitrogen and oxygen atoms in total. The van der Waals surface area contributed by atoms with Crippen LogP contribution in [0, 0.1) is 23.7 Å². The molecule has 0 aromatic heterocycles. The molecule has 94 valence electrons. The normalized spacial score (nSPS) is 41.7. The van der Waals surface area contributed by atoms with Gasteiger partial charge in [-0.15, -0.1) is 0 Å². The van der Waals surface area contributed by atoms with Crippen molar-refractivity contribution in [1.82, 2.24) is 0 Å². The Kier molecular flexibility index (Phi) is 2.36. The van der Waals surface area contributed by atoms with Crippen LogP contribution in [-0.4, -0.2) is 5.78 Å². The number of carbonyl (C=O) groups is 1. The van der Waals surface area contributed by atoms with Crippen LogP contribution in [0.5, 0.6) is 0 Å². The first-order valence-corrected chi connectivity index (χ1v) is 7.46. The topological polar surface area (TPSA) is 17.1 Å². The Labute approximate surface area is 109 Å². The number of ketones is 1. The van der Waals surface area contributed by atoms with E-state index in [2.05, 4.69) is 24.3 Å². The van der Waals surface area contributed by atoms with Crippen LogP contribution in [0.25, 0.3) is 0 Å². The van der Waals surface area contributed by atoms with Crippen molar-refractivity contribution in [1.29, 1.82) is 0 Å². The molecular weight excluding hydrogens is 220 g/mol. The number of rotatable bonds is 0. The van der Waals surface area contributed by atoms with Gasteiger partial charge in [0.25, 0.3) is 0 Å². The summed E-state index contributed by atoms with van der Waals surface area (Å²) in [6.45, 7) is 0. The minimum atomic E-state index is 0.407. The highest BCUT2D eigenvalue weighted by molar-refractivity contribution is 5.83. The molecule has 0 N–H and O–H groups in total. The van der Waals surface area contributed by atoms with Gasteiger partial charge >= 0.3 is 0 Å². The van der Waals surface area contributed by atoms with Crippen LogP contribution in [0.15, 0.2) is 35.5 Å². The van der Waals surface area contributed by atoms with E-state index in [1.807, 2.05) is 0 Å². The second-order valence-corrected chi connectivity index (χ2v) is 6.37. The number of hydrogen-bond acceptors (Lipinski definition) is 1. The lowest BCUT2D eigenvalue weighted by atomic mass is 9.57. The van der Waals surface area contributed by atoms with Crippen molar-refractivity contribution in [3.05, 3.63) is 35.5 Å². The fourth-order valence-electron chi connectivity index (χ4n) is 4.80. The van der Waals surface area contributed by atoms with E-state index in [4.69, 9.17) is 0 Å². The van der Waals surface area contributed by atoms with Gasteiger partial charge in [0.2, 0.25) is 0 Å². The summed E-state index contributed by atoms with van der Waals surface area (Å²) in [6, 6.07) is 0. The molecule has 4 aliphatic rings. The summed E-state index contributed by atoms with van der Waals surface area (Å²) in [5.41, 5.74) is 2.86. The minimum absolute atomic E-state index is 0.407. The third kappa shape index (κ3) is 1.43. The molecule has 2 fully saturated rings. The molecule has 0 aromatic carbocycles. The van der Waals surface area contributed by atoms with Crippen LogP contribution in [0.1, 0.15) is 38.5 Å². The fourth-order valence-corrected chi connectivity index (χ4v) is 4.80. The molecular formula is C17H20O. The maximum atomic E-state index is 12.4. The summed E-state index contributed by atoms with van der Waals surface area (Å²) < 4.78 is 0. The fraction of sp³-hybridized carbons (Fsp3) is 0.588. The van der Waals surface area contributed by atoms with Crippen molar-refractivity contribution in [3.8, 4) is 0 Å². The van der Waals surface area contributed by atoms with Crippen LogP contribution >= 0.6 is 0 Å². The Morgan fingerprint density at radius 1 is 1.06 bits per heavy atom. The van der Waals surface area contributed by atoms with Crippen LogP contribution < -0.4 is 0 Å². The first-order valence-electron chi connectivity index (χ1n) is 7.46. The molecule has 2 saturated carbocycles. The molecule has 0 bridgehead atoms. The molecule has 0 saturated heterocycles. The predicted molar refractivity (Wildman–Crippen MR) is 72.0 cm³/mol. The lowest BCUT2D eigenvalue weighted by Gasteiger charge is -2.47. The number of Topliss-reactive ketones (excluding diaryl/α,β-unsaturated/α-hetero) is 1. The summed E-state index contributed by atoms with van der Waals surface area (Å²) in [5, 5.41) is 0. The molecule has 4 atom stereocenters. The number of fused-ring (bicyclic) bond motifs is 5. The van der Waals surface area contributed by atoms with Crippen molar-refractivity contribution in [3.63, 3.8) is 0 Å². The number of allylic oxidation sites excluding steroid dienone is 6. The summed E-state index contributed by atoms with van der Waals surface area (Å²) in [7, 11) is 0. The quantitative estimate of drug-likeness (QED) is 0.629. The third-order valence-electron chi connectivity index (χ3n) is 5.62. The van der Waals surface area contributed by atoms with Gasteiger partial charge in [-0.25, -0.2) is 0 Å². The highest BCUT2D eigenvalue weighted by Gasteiger charge is 2.46. The van der Waals surface area contributed by atoms with Crippen molar-refractivity contribution >= 4 is 5.78 Å². The van der Waals surface area contributed by atoms with Crippen LogP contribution in [0.3, 0.4) is 0 Å². The molecule has 0 amide bonds. The van der Waals surface area contributed by atoms with Gasteiger partial charge in [-0.1, -0.05) is 37.1 Å². The zero-order chi connectivity index (χ0) is 12.1. The molecule has 1 heteroatoms. The molecule has 0 spiro atoms. The van der Waals surface area contributed by atoms with Crippen LogP contribution in [0.2, 0.25) is 0 Å². The van der Waals surface area contributed by atoms with Gasteiger partial charge in [-0.3, -0.25) is 4.79 Å². The zero-order valence-corrected chi connectivity index (χ0v) is 10.8. The van der Waals surface area contributed by atoms with Gasteiger partial charge in [0.1, 0.15) is 5.78 Å². The van der Waals surface area contributed by atoms with E-state index >= 15 is 0 Å². The molecule has 4 aliphatic carbocycles. The van der Waals surface area contributed by atoms with Gasteiger partial charge in [-0.2, -0.15) is 0 Å². The standard InChI is InChI=1S/C17H20O/c18-17-10-16-12-7-3-4-11(12)8-9-14(16)13-5-1-2-6-15(13)17/h3-4,7-8,13-16H,1-2,5-6,9-10H2. The maximum absolute atomic E-state index is 12.4. The van der Waals surface area contributed by atoms with Crippen molar-refractivity contribution in [2.75, 3.05) is 0 Å². The molecule has 0 aliphatic heterocycles. The van der Waals surface area contributed by atoms with E-state index in [0.29, 0.717) is 23.5 Å². The second kappa shape index (κ2) is 3.94. The van der Waals surface area contributed by atoms with E-state index in [0.717, 1.165) is 12.3 Å². The lowest BCUT2D eigenvalue weighted by molar-refractivity contribution is -0.132. The number of hydrogen-bond donors (Lipinski definition) is 0. The summed E-state index contributed by atoms with van der Waals surface area (Å²) in [5.74, 6) is 2.94. The zero-order valence-electron chi connectivity index (χ0n) is 10.8.